The van der Waals surface area contributed by atoms with Crippen molar-refractivity contribution in [3.63, 3.8) is 0 Å². The molecule has 0 aromatic carbocycles. The third-order valence-electron chi connectivity index (χ3n) is 1.85. The molecule has 9 heteroatoms. The highest BCUT2D eigenvalue weighted by atomic mass is 32.3. The summed E-state index contributed by atoms with van der Waals surface area (Å²) in [5.41, 5.74) is -4.92. The summed E-state index contributed by atoms with van der Waals surface area (Å²) in [6.45, 7) is 3.04. The zero-order valence-electron chi connectivity index (χ0n) is 9.60. The molecule has 104 valence electrons. The monoisotopic (exact) mass is 294 g/mol. The molecule has 0 saturated carbocycles. The third kappa shape index (κ3) is 5.26. The van der Waals surface area contributed by atoms with Gasteiger partial charge in [-0.2, -0.15) is 16.8 Å². The SMILES string of the molecule is CCCC(F)S(=O)(=O)OS(=O)(=O)C(F)CCC. The van der Waals surface area contributed by atoms with Crippen molar-refractivity contribution in [2.75, 3.05) is 0 Å². The van der Waals surface area contributed by atoms with Gasteiger partial charge < -0.3 is 0 Å². The van der Waals surface area contributed by atoms with Gasteiger partial charge in [0.05, 0.1) is 0 Å². The van der Waals surface area contributed by atoms with Crippen molar-refractivity contribution >= 4 is 20.2 Å². The van der Waals surface area contributed by atoms with Gasteiger partial charge in [-0.15, -0.1) is 3.63 Å². The van der Waals surface area contributed by atoms with Gasteiger partial charge in [-0.25, -0.2) is 8.78 Å². The van der Waals surface area contributed by atoms with E-state index in [1.807, 2.05) is 0 Å². The number of hydrogen-bond donors (Lipinski definition) is 0. The molecule has 2 unspecified atom stereocenters. The maximum atomic E-state index is 13.1. The Labute approximate surface area is 100 Å². The first-order valence-electron chi connectivity index (χ1n) is 5.14. The van der Waals surface area contributed by atoms with Crippen LogP contribution in [-0.4, -0.2) is 27.8 Å². The fourth-order valence-electron chi connectivity index (χ4n) is 0.960. The zero-order chi connectivity index (χ0) is 13.7. The summed E-state index contributed by atoms with van der Waals surface area (Å²) in [6, 6.07) is 0. The summed E-state index contributed by atoms with van der Waals surface area (Å²) in [6.07, 6.45) is -0.416. The summed E-state index contributed by atoms with van der Waals surface area (Å²) in [4.78, 5) is 0. The smallest absolute Gasteiger partial charge is 0.227 e. The molecule has 0 bridgehead atoms. The molecule has 0 aromatic rings. The average Bonchev–Trinajstić information content (AvgIpc) is 2.16. The Morgan fingerprint density at radius 3 is 1.41 bits per heavy atom. The van der Waals surface area contributed by atoms with E-state index in [2.05, 4.69) is 3.63 Å². The molecular formula is C8H16F2O5S2. The number of hydrogen-bond acceptors (Lipinski definition) is 5. The first-order chi connectivity index (χ1) is 7.67. The van der Waals surface area contributed by atoms with E-state index in [0.29, 0.717) is 0 Å². The Hall–Kier alpha value is -0.280. The maximum absolute atomic E-state index is 13.1. The predicted molar refractivity (Wildman–Crippen MR) is 58.5 cm³/mol. The maximum Gasteiger partial charge on any atom is 0.314 e. The van der Waals surface area contributed by atoms with E-state index in [9.17, 15) is 25.6 Å². The van der Waals surface area contributed by atoms with Crippen LogP contribution >= 0.6 is 0 Å². The van der Waals surface area contributed by atoms with Crippen molar-refractivity contribution in [1.82, 2.24) is 0 Å². The van der Waals surface area contributed by atoms with Crippen LogP contribution in [0.3, 0.4) is 0 Å². The lowest BCUT2D eigenvalue weighted by Crippen LogP contribution is -2.27. The summed E-state index contributed by atoms with van der Waals surface area (Å²) < 4.78 is 74.2. The van der Waals surface area contributed by atoms with Crippen LogP contribution in [0.2, 0.25) is 0 Å². The van der Waals surface area contributed by atoms with E-state index in [0.717, 1.165) is 0 Å². The van der Waals surface area contributed by atoms with Gasteiger partial charge in [0.2, 0.25) is 11.0 Å². The number of halogens is 2. The van der Waals surface area contributed by atoms with Gasteiger partial charge >= 0.3 is 20.2 Å². The van der Waals surface area contributed by atoms with Crippen LogP contribution in [-0.2, 0) is 23.9 Å². The molecule has 0 rings (SSSR count). The third-order valence-corrected chi connectivity index (χ3v) is 5.09. The van der Waals surface area contributed by atoms with E-state index >= 15 is 0 Å². The Morgan fingerprint density at radius 1 is 0.882 bits per heavy atom. The van der Waals surface area contributed by atoms with Crippen LogP contribution in [0.1, 0.15) is 39.5 Å². The predicted octanol–water partition coefficient (Wildman–Crippen LogP) is 1.85. The molecule has 17 heavy (non-hydrogen) atoms. The summed E-state index contributed by atoms with van der Waals surface area (Å²) >= 11 is 0. The summed E-state index contributed by atoms with van der Waals surface area (Å²) in [5.74, 6) is 0. The van der Waals surface area contributed by atoms with Gasteiger partial charge in [0, 0.05) is 0 Å². The minimum Gasteiger partial charge on any atom is -0.227 e. The fraction of sp³-hybridized carbons (Fsp3) is 1.00. The highest BCUT2D eigenvalue weighted by molar-refractivity contribution is 8.00. The molecule has 0 fully saturated rings. The van der Waals surface area contributed by atoms with Crippen LogP contribution in [0.25, 0.3) is 0 Å². The molecule has 0 amide bonds. The first kappa shape index (κ1) is 16.7. The van der Waals surface area contributed by atoms with Gasteiger partial charge in [0.15, 0.2) is 0 Å². The molecule has 0 N–H and O–H groups in total. The van der Waals surface area contributed by atoms with Gasteiger partial charge in [0.1, 0.15) is 0 Å². The molecule has 0 aliphatic heterocycles. The Balaban J connectivity index is 4.83. The zero-order valence-corrected chi connectivity index (χ0v) is 11.2. The van der Waals surface area contributed by atoms with Crippen LogP contribution in [0.5, 0.6) is 0 Å². The molecule has 0 saturated heterocycles. The van der Waals surface area contributed by atoms with Crippen LogP contribution in [0.15, 0.2) is 0 Å². The Morgan fingerprint density at radius 2 is 1.18 bits per heavy atom. The summed E-state index contributed by atoms with van der Waals surface area (Å²) in [7, 11) is -9.88. The van der Waals surface area contributed by atoms with Crippen LogP contribution in [0, 0.1) is 0 Å². The molecule has 0 heterocycles. The van der Waals surface area contributed by atoms with Crippen LogP contribution < -0.4 is 0 Å². The highest BCUT2D eigenvalue weighted by Gasteiger charge is 2.36. The minimum absolute atomic E-state index is 0.192. The number of alkyl halides is 2. The van der Waals surface area contributed by atoms with Crippen molar-refractivity contribution in [2.45, 2.75) is 50.5 Å². The lowest BCUT2D eigenvalue weighted by molar-refractivity contribution is 0.335. The Bertz CT molecular complexity index is 377. The van der Waals surface area contributed by atoms with E-state index in [-0.39, 0.29) is 12.8 Å². The van der Waals surface area contributed by atoms with E-state index in [1.165, 1.54) is 13.8 Å². The van der Waals surface area contributed by atoms with Gasteiger partial charge in [0.25, 0.3) is 0 Å². The lowest BCUT2D eigenvalue weighted by atomic mass is 10.4. The largest absolute Gasteiger partial charge is 0.314 e. The number of rotatable bonds is 8. The molecular weight excluding hydrogens is 278 g/mol. The topological polar surface area (TPSA) is 77.5 Å². The van der Waals surface area contributed by atoms with Crippen molar-refractivity contribution in [3.8, 4) is 0 Å². The molecule has 0 aliphatic rings. The van der Waals surface area contributed by atoms with Crippen LogP contribution in [0.4, 0.5) is 8.78 Å². The first-order valence-corrected chi connectivity index (χ1v) is 8.08. The average molecular weight is 294 g/mol. The van der Waals surface area contributed by atoms with Crippen molar-refractivity contribution < 1.29 is 29.2 Å². The molecule has 0 aliphatic carbocycles. The molecule has 0 spiro atoms. The molecule has 5 nitrogen and oxygen atoms in total. The van der Waals surface area contributed by atoms with E-state index in [4.69, 9.17) is 0 Å². The molecule has 2 atom stereocenters. The fourth-order valence-corrected chi connectivity index (χ4v) is 3.75. The van der Waals surface area contributed by atoms with Gasteiger partial charge in [-0.1, -0.05) is 26.7 Å². The minimum atomic E-state index is -4.94. The summed E-state index contributed by atoms with van der Waals surface area (Å²) in [5, 5.41) is 0. The quantitative estimate of drug-likeness (QED) is 0.682. The normalized spacial score (nSPS) is 16.7. The standard InChI is InChI=1S/C8H16F2O5S2/c1-3-5-7(9)16(11,12)15-17(13,14)8(10)6-4-2/h7-8H,3-6H2,1-2H3. The van der Waals surface area contributed by atoms with Crippen molar-refractivity contribution in [3.05, 3.63) is 0 Å². The molecule has 0 radical (unpaired) electrons. The lowest BCUT2D eigenvalue weighted by Gasteiger charge is -2.11. The van der Waals surface area contributed by atoms with E-state index < -0.39 is 44.1 Å². The van der Waals surface area contributed by atoms with Crippen molar-refractivity contribution in [1.29, 1.82) is 0 Å². The van der Waals surface area contributed by atoms with Gasteiger partial charge in [-0.05, 0) is 12.8 Å². The van der Waals surface area contributed by atoms with Crippen molar-refractivity contribution in [2.24, 2.45) is 0 Å². The highest BCUT2D eigenvalue weighted by Crippen LogP contribution is 2.20. The van der Waals surface area contributed by atoms with E-state index in [1.54, 1.807) is 0 Å². The molecule has 0 aromatic heterocycles. The second kappa shape index (κ2) is 6.60. The van der Waals surface area contributed by atoms with Gasteiger partial charge in [-0.3, -0.25) is 0 Å². The second-order valence-corrected chi connectivity index (χ2v) is 6.99. The Kier molecular flexibility index (Phi) is 6.49. The second-order valence-electron chi connectivity index (χ2n) is 3.45.